The van der Waals surface area contributed by atoms with Crippen LogP contribution in [0.25, 0.3) is 0 Å². The van der Waals surface area contributed by atoms with Gasteiger partial charge in [-0.3, -0.25) is 4.98 Å². The predicted octanol–water partition coefficient (Wildman–Crippen LogP) is 1.50. The molecule has 0 radical (unpaired) electrons. The van der Waals surface area contributed by atoms with E-state index in [4.69, 9.17) is 10.5 Å². The first-order chi connectivity index (χ1) is 9.13. The van der Waals surface area contributed by atoms with E-state index in [9.17, 15) is 9.70 Å². The molecule has 1 heterocycles. The highest BCUT2D eigenvalue weighted by Gasteiger charge is 2.11. The summed E-state index contributed by atoms with van der Waals surface area (Å²) < 4.78 is 5.02. The van der Waals surface area contributed by atoms with Gasteiger partial charge in [0.15, 0.2) is 11.5 Å². The van der Waals surface area contributed by atoms with E-state index in [2.05, 4.69) is 20.5 Å². The van der Waals surface area contributed by atoms with Gasteiger partial charge >= 0.3 is 5.69 Å². The van der Waals surface area contributed by atoms with Gasteiger partial charge in [-0.05, 0) is 29.4 Å². The van der Waals surface area contributed by atoms with Crippen LogP contribution in [0.1, 0.15) is 0 Å². The van der Waals surface area contributed by atoms with Crippen molar-refractivity contribution in [3.63, 3.8) is 0 Å². The molecule has 1 aromatic carbocycles. The molecule has 0 atom stereocenters. The van der Waals surface area contributed by atoms with Crippen molar-refractivity contribution in [2.24, 2.45) is 5.18 Å². The summed E-state index contributed by atoms with van der Waals surface area (Å²) in [6.45, 7) is 0. The Bertz CT molecular complexity index is 650. The van der Waals surface area contributed by atoms with E-state index in [1.807, 2.05) is 0 Å². The Labute approximate surface area is 107 Å². The predicted molar refractivity (Wildman–Crippen MR) is 71.0 cm³/mol. The van der Waals surface area contributed by atoms with Gasteiger partial charge < -0.3 is 15.8 Å². The number of anilines is 3. The first-order valence-corrected chi connectivity index (χ1v) is 5.28. The van der Waals surface area contributed by atoms with Crippen molar-refractivity contribution >= 4 is 23.0 Å². The first kappa shape index (κ1) is 12.6. The van der Waals surface area contributed by atoms with Crippen molar-refractivity contribution in [3.8, 4) is 5.75 Å². The summed E-state index contributed by atoms with van der Waals surface area (Å²) in [6.07, 6.45) is 0. The van der Waals surface area contributed by atoms with Crippen molar-refractivity contribution in [1.82, 2.24) is 9.97 Å². The Balaban J connectivity index is 2.36. The highest BCUT2D eigenvalue weighted by molar-refractivity contribution is 5.75. The smallest absolute Gasteiger partial charge is 0.348 e. The summed E-state index contributed by atoms with van der Waals surface area (Å²) in [4.78, 5) is 27.7. The van der Waals surface area contributed by atoms with Crippen LogP contribution in [0.3, 0.4) is 0 Å². The Kier molecular flexibility index (Phi) is 3.42. The number of benzene rings is 1. The fourth-order valence-corrected chi connectivity index (χ4v) is 1.48. The van der Waals surface area contributed by atoms with E-state index in [0.717, 1.165) is 0 Å². The molecule has 0 aliphatic heterocycles. The van der Waals surface area contributed by atoms with Gasteiger partial charge in [0.25, 0.3) is 0 Å². The van der Waals surface area contributed by atoms with Gasteiger partial charge in [-0.25, -0.2) is 4.79 Å². The standard InChI is InChI=1S/C11H11N5O3/c1-19-7-4-2-6(3-5-7)13-10-8(16-18)9(12)14-11(17)15-10/h2-5H,1H3,(H4,12,13,14,15,17). The molecule has 2 aromatic rings. The first-order valence-electron chi connectivity index (χ1n) is 5.28. The van der Waals surface area contributed by atoms with Crippen LogP contribution in [0.15, 0.2) is 34.2 Å². The molecule has 19 heavy (non-hydrogen) atoms. The second-order valence-corrected chi connectivity index (χ2v) is 3.60. The average molecular weight is 261 g/mol. The van der Waals surface area contributed by atoms with Crippen LogP contribution in [0.4, 0.5) is 23.0 Å². The monoisotopic (exact) mass is 261 g/mol. The van der Waals surface area contributed by atoms with Crippen LogP contribution in [-0.2, 0) is 0 Å². The molecular weight excluding hydrogens is 250 g/mol. The zero-order valence-electron chi connectivity index (χ0n) is 10.0. The fraction of sp³-hybridized carbons (Fsp3) is 0.0909. The molecule has 0 aliphatic carbocycles. The number of nitrogen functional groups attached to an aromatic ring is 1. The van der Waals surface area contributed by atoms with Gasteiger partial charge in [0.05, 0.1) is 7.11 Å². The van der Waals surface area contributed by atoms with Gasteiger partial charge in [0, 0.05) is 5.69 Å². The molecule has 0 unspecified atom stereocenters. The minimum absolute atomic E-state index is 0.00131. The van der Waals surface area contributed by atoms with Crippen molar-refractivity contribution in [3.05, 3.63) is 39.7 Å². The molecule has 8 heteroatoms. The molecule has 0 fully saturated rings. The summed E-state index contributed by atoms with van der Waals surface area (Å²) in [5, 5.41) is 5.54. The lowest BCUT2D eigenvalue weighted by atomic mass is 10.3. The maximum absolute atomic E-state index is 11.2. The number of aromatic amines is 1. The number of nitrogens with zero attached hydrogens (tertiary/aromatic N) is 2. The summed E-state index contributed by atoms with van der Waals surface area (Å²) in [7, 11) is 1.55. The molecule has 2 rings (SSSR count). The van der Waals surface area contributed by atoms with E-state index in [1.165, 1.54) is 0 Å². The highest BCUT2D eigenvalue weighted by Crippen LogP contribution is 2.29. The van der Waals surface area contributed by atoms with E-state index >= 15 is 0 Å². The van der Waals surface area contributed by atoms with Gasteiger partial charge in [-0.1, -0.05) is 0 Å². The van der Waals surface area contributed by atoms with Crippen molar-refractivity contribution in [2.45, 2.75) is 0 Å². The van der Waals surface area contributed by atoms with Gasteiger partial charge in [0.1, 0.15) is 11.6 Å². The van der Waals surface area contributed by atoms with Crippen LogP contribution in [-0.4, -0.2) is 17.1 Å². The second-order valence-electron chi connectivity index (χ2n) is 3.60. The third-order valence-electron chi connectivity index (χ3n) is 2.38. The lowest BCUT2D eigenvalue weighted by molar-refractivity contribution is 0.415. The normalized spacial score (nSPS) is 9.95. The van der Waals surface area contributed by atoms with Crippen LogP contribution < -0.4 is 21.5 Å². The quantitative estimate of drug-likeness (QED) is 0.717. The summed E-state index contributed by atoms with van der Waals surface area (Å²) >= 11 is 0. The molecule has 0 saturated heterocycles. The van der Waals surface area contributed by atoms with E-state index < -0.39 is 5.69 Å². The van der Waals surface area contributed by atoms with E-state index in [0.29, 0.717) is 11.4 Å². The number of ether oxygens (including phenoxy) is 1. The number of rotatable bonds is 4. The SMILES string of the molecule is COc1ccc(Nc2nc(=O)[nH]c(N)c2N=O)cc1. The third kappa shape index (κ3) is 2.68. The molecule has 98 valence electrons. The molecule has 8 nitrogen and oxygen atoms in total. The zero-order valence-corrected chi connectivity index (χ0v) is 10.0. The van der Waals surface area contributed by atoms with Crippen LogP contribution in [0, 0.1) is 4.91 Å². The van der Waals surface area contributed by atoms with Crippen molar-refractivity contribution in [2.75, 3.05) is 18.2 Å². The topological polar surface area (TPSA) is 122 Å². The number of hydrogen-bond acceptors (Lipinski definition) is 7. The van der Waals surface area contributed by atoms with Gasteiger partial charge in [-0.2, -0.15) is 4.98 Å². The number of methoxy groups -OCH3 is 1. The number of hydrogen-bond donors (Lipinski definition) is 3. The molecule has 1 aromatic heterocycles. The largest absolute Gasteiger partial charge is 0.497 e. The van der Waals surface area contributed by atoms with Gasteiger partial charge in [-0.15, -0.1) is 4.91 Å². The maximum atomic E-state index is 11.2. The maximum Gasteiger partial charge on any atom is 0.348 e. The Hall–Kier alpha value is -2.90. The molecule has 0 amide bonds. The fourth-order valence-electron chi connectivity index (χ4n) is 1.48. The minimum atomic E-state index is -0.666. The Morgan fingerprint density at radius 1 is 1.37 bits per heavy atom. The van der Waals surface area contributed by atoms with Gasteiger partial charge in [0.2, 0.25) is 0 Å². The van der Waals surface area contributed by atoms with Crippen LogP contribution >= 0.6 is 0 Å². The Morgan fingerprint density at radius 2 is 2.05 bits per heavy atom. The number of aromatic nitrogens is 2. The number of nitroso groups, excluding NO2 is 1. The summed E-state index contributed by atoms with van der Waals surface area (Å²) in [6, 6.07) is 6.83. The molecule has 4 N–H and O–H groups in total. The van der Waals surface area contributed by atoms with Crippen LogP contribution in [0.2, 0.25) is 0 Å². The van der Waals surface area contributed by atoms with E-state index in [-0.39, 0.29) is 17.3 Å². The van der Waals surface area contributed by atoms with Crippen LogP contribution in [0.5, 0.6) is 5.75 Å². The lowest BCUT2D eigenvalue weighted by Gasteiger charge is -2.08. The number of nitrogens with one attached hydrogen (secondary N) is 2. The third-order valence-corrected chi connectivity index (χ3v) is 2.38. The molecular formula is C11H11N5O3. The number of nitrogens with two attached hydrogens (primary N) is 1. The zero-order chi connectivity index (χ0) is 13.8. The van der Waals surface area contributed by atoms with E-state index in [1.54, 1.807) is 31.4 Å². The average Bonchev–Trinajstić information content (AvgIpc) is 2.39. The minimum Gasteiger partial charge on any atom is -0.497 e. The summed E-state index contributed by atoms with van der Waals surface area (Å²) in [5.41, 5.74) is 5.29. The summed E-state index contributed by atoms with van der Waals surface area (Å²) in [5.74, 6) is 0.546. The number of H-pyrrole nitrogens is 1. The molecule has 0 spiro atoms. The van der Waals surface area contributed by atoms with Crippen molar-refractivity contribution < 1.29 is 4.74 Å². The molecule has 0 bridgehead atoms. The highest BCUT2D eigenvalue weighted by atomic mass is 16.5. The second kappa shape index (κ2) is 5.17. The Morgan fingerprint density at radius 3 is 2.63 bits per heavy atom. The molecule has 0 aliphatic rings. The lowest BCUT2D eigenvalue weighted by Crippen LogP contribution is -2.14. The van der Waals surface area contributed by atoms with Crippen molar-refractivity contribution in [1.29, 1.82) is 0 Å². The molecule has 0 saturated carbocycles.